The van der Waals surface area contributed by atoms with Crippen LogP contribution in [0.15, 0.2) is 88.9 Å². The molecule has 0 spiro atoms. The van der Waals surface area contributed by atoms with Crippen LogP contribution >= 0.6 is 11.6 Å². The molecule has 4 rings (SSSR count). The molecule has 0 atom stereocenters. The van der Waals surface area contributed by atoms with E-state index in [-0.39, 0.29) is 4.90 Å². The van der Waals surface area contributed by atoms with E-state index >= 15 is 0 Å². The van der Waals surface area contributed by atoms with E-state index < -0.39 is 22.5 Å². The number of carbonyl (C=O) groups is 1. The minimum atomic E-state index is -3.99. The summed E-state index contributed by atoms with van der Waals surface area (Å²) < 4.78 is 27.1. The predicted molar refractivity (Wildman–Crippen MR) is 121 cm³/mol. The number of benzene rings is 3. The fourth-order valence-corrected chi connectivity index (χ4v) is 4.89. The summed E-state index contributed by atoms with van der Waals surface area (Å²) in [4.78, 5) is 12.6. The summed E-state index contributed by atoms with van der Waals surface area (Å²) in [5, 5.41) is 7.51. The highest BCUT2D eigenvalue weighted by molar-refractivity contribution is 7.89. The molecule has 1 amide bonds. The molecule has 0 saturated heterocycles. The van der Waals surface area contributed by atoms with E-state index in [9.17, 15) is 13.2 Å². The Kier molecular flexibility index (Phi) is 6.06. The Morgan fingerprint density at radius 3 is 2.35 bits per heavy atom. The minimum Gasteiger partial charge on any atom is -0.354 e. The maximum Gasteiger partial charge on any atom is 0.280 e. The minimum absolute atomic E-state index is 0.0721. The zero-order valence-electron chi connectivity index (χ0n) is 16.5. The third-order valence-electron chi connectivity index (χ3n) is 4.87. The number of nitrogens with one attached hydrogen (secondary N) is 1. The van der Waals surface area contributed by atoms with Gasteiger partial charge in [0.25, 0.3) is 10.0 Å². The molecule has 1 N–H and O–H groups in total. The lowest BCUT2D eigenvalue weighted by Gasteiger charge is -2.27. The van der Waals surface area contributed by atoms with Crippen LogP contribution in [0.2, 0.25) is 5.02 Å². The lowest BCUT2D eigenvalue weighted by Crippen LogP contribution is -2.41. The zero-order chi connectivity index (χ0) is 21.8. The molecule has 6 nitrogen and oxygen atoms in total. The summed E-state index contributed by atoms with van der Waals surface area (Å²) in [6.45, 7) is -0.00624. The predicted octanol–water partition coefficient (Wildman–Crippen LogP) is 3.46. The van der Waals surface area contributed by atoms with Crippen molar-refractivity contribution < 1.29 is 13.2 Å². The molecule has 0 radical (unpaired) electrons. The van der Waals surface area contributed by atoms with Crippen molar-refractivity contribution in [2.75, 3.05) is 13.1 Å². The highest BCUT2D eigenvalue weighted by atomic mass is 35.5. The average Bonchev–Trinajstić information content (AvgIpc) is 2.77. The number of hydrogen-bond acceptors (Lipinski definition) is 4. The van der Waals surface area contributed by atoms with E-state index in [1.807, 2.05) is 60.7 Å². The lowest BCUT2D eigenvalue weighted by molar-refractivity contribution is -0.121. The Morgan fingerprint density at radius 2 is 1.65 bits per heavy atom. The number of carbonyl (C=O) groups excluding carboxylic acids is 1. The van der Waals surface area contributed by atoms with Gasteiger partial charge in [0.2, 0.25) is 5.91 Å². The second-order valence-corrected chi connectivity index (χ2v) is 9.27. The maximum absolute atomic E-state index is 13.1. The van der Waals surface area contributed by atoms with Crippen molar-refractivity contribution in [3.05, 3.63) is 101 Å². The van der Waals surface area contributed by atoms with E-state index in [1.165, 1.54) is 12.1 Å². The van der Waals surface area contributed by atoms with Crippen LogP contribution in [0.5, 0.6) is 0 Å². The molecule has 0 saturated carbocycles. The molecule has 158 valence electrons. The molecule has 3 aromatic rings. The van der Waals surface area contributed by atoms with Crippen LogP contribution in [0.4, 0.5) is 0 Å². The summed E-state index contributed by atoms with van der Waals surface area (Å²) in [7, 11) is -3.99. The second-order valence-electron chi connectivity index (χ2n) is 7.03. The van der Waals surface area contributed by atoms with Crippen molar-refractivity contribution in [2.45, 2.75) is 11.3 Å². The first-order valence-corrected chi connectivity index (χ1v) is 11.5. The van der Waals surface area contributed by atoms with Gasteiger partial charge in [0, 0.05) is 22.7 Å². The molecule has 0 aliphatic carbocycles. The van der Waals surface area contributed by atoms with Crippen molar-refractivity contribution in [2.24, 2.45) is 5.10 Å². The molecule has 1 aliphatic heterocycles. The molecule has 0 bridgehead atoms. The summed E-state index contributed by atoms with van der Waals surface area (Å²) in [5.74, 6) is -0.423. The van der Waals surface area contributed by atoms with Crippen LogP contribution < -0.4 is 5.32 Å². The first-order valence-electron chi connectivity index (χ1n) is 9.72. The highest BCUT2D eigenvalue weighted by Crippen LogP contribution is 2.30. The lowest BCUT2D eigenvalue weighted by atomic mass is 10.0. The van der Waals surface area contributed by atoms with Crippen LogP contribution in [0, 0.1) is 0 Å². The van der Waals surface area contributed by atoms with Crippen molar-refractivity contribution >= 4 is 33.2 Å². The number of hydrogen-bond donors (Lipinski definition) is 1. The van der Waals surface area contributed by atoms with Crippen molar-refractivity contribution in [1.29, 1.82) is 0 Å². The van der Waals surface area contributed by atoms with Gasteiger partial charge in [0.05, 0.1) is 4.90 Å². The first-order chi connectivity index (χ1) is 14.9. The van der Waals surface area contributed by atoms with E-state index in [2.05, 4.69) is 10.4 Å². The van der Waals surface area contributed by atoms with Gasteiger partial charge in [0.15, 0.2) is 0 Å². The van der Waals surface area contributed by atoms with Gasteiger partial charge < -0.3 is 5.32 Å². The third-order valence-corrected chi connectivity index (χ3v) is 6.78. The van der Waals surface area contributed by atoms with Crippen molar-refractivity contribution in [3.8, 4) is 0 Å². The number of rotatable bonds is 6. The molecular weight excluding hydrogens is 434 g/mol. The van der Waals surface area contributed by atoms with Gasteiger partial charge in [-0.05, 0) is 30.2 Å². The Labute approximate surface area is 186 Å². The maximum atomic E-state index is 13.1. The van der Waals surface area contributed by atoms with E-state index in [0.717, 1.165) is 15.5 Å². The van der Waals surface area contributed by atoms with Crippen LogP contribution in [-0.4, -0.2) is 37.5 Å². The zero-order valence-corrected chi connectivity index (χ0v) is 18.1. The highest BCUT2D eigenvalue weighted by Gasteiger charge is 2.34. The van der Waals surface area contributed by atoms with Gasteiger partial charge >= 0.3 is 0 Å². The largest absolute Gasteiger partial charge is 0.354 e. The fraction of sp³-hybridized carbons (Fsp3) is 0.130. The average molecular weight is 454 g/mol. The number of fused-ring (bicyclic) bond motifs is 1. The summed E-state index contributed by atoms with van der Waals surface area (Å²) in [6.07, 6.45) is 0.652. The summed E-state index contributed by atoms with van der Waals surface area (Å²) in [6, 6.07) is 23.5. The van der Waals surface area contributed by atoms with Gasteiger partial charge in [-0.1, -0.05) is 72.3 Å². The molecule has 31 heavy (non-hydrogen) atoms. The molecular formula is C23H20ClN3O3S. The van der Waals surface area contributed by atoms with Gasteiger partial charge in [-0.25, -0.2) is 0 Å². The third kappa shape index (κ3) is 4.62. The van der Waals surface area contributed by atoms with Gasteiger partial charge in [-0.15, -0.1) is 0 Å². The van der Waals surface area contributed by atoms with Gasteiger partial charge in [0.1, 0.15) is 12.3 Å². The SMILES string of the molecule is O=C(CN1N=C(c2ccccc2)c2cc(Cl)ccc2S1(=O)=O)NCCc1ccccc1. The molecule has 8 heteroatoms. The normalized spacial score (nSPS) is 14.5. The molecule has 3 aromatic carbocycles. The Morgan fingerprint density at radius 1 is 0.968 bits per heavy atom. The Balaban J connectivity index is 1.58. The Hall–Kier alpha value is -3.16. The molecule has 0 fully saturated rings. The standard InChI is InChI=1S/C23H20ClN3O3S/c24-19-11-12-21-20(15-19)23(18-9-5-2-6-10-18)26-27(31(21,29)30)16-22(28)25-14-13-17-7-3-1-4-8-17/h1-12,15H,13-14,16H2,(H,25,28). The Bertz CT molecular complexity index is 1230. The van der Waals surface area contributed by atoms with Crippen LogP contribution in [0.25, 0.3) is 0 Å². The van der Waals surface area contributed by atoms with Gasteiger partial charge in [-0.3, -0.25) is 4.79 Å². The quantitative estimate of drug-likeness (QED) is 0.620. The second kappa shape index (κ2) is 8.91. The molecule has 0 aromatic heterocycles. The van der Waals surface area contributed by atoms with Crippen LogP contribution in [0.1, 0.15) is 16.7 Å². The number of hydrazone groups is 1. The molecule has 0 unspecified atom stereocenters. The smallest absolute Gasteiger partial charge is 0.280 e. The van der Waals surface area contributed by atoms with Crippen LogP contribution in [-0.2, 0) is 21.2 Å². The molecule has 1 aliphatic rings. The van der Waals surface area contributed by atoms with Crippen LogP contribution in [0.3, 0.4) is 0 Å². The fourth-order valence-electron chi connectivity index (χ4n) is 3.34. The van der Waals surface area contributed by atoms with E-state index in [0.29, 0.717) is 29.3 Å². The number of sulfonamides is 1. The van der Waals surface area contributed by atoms with Crippen molar-refractivity contribution in [1.82, 2.24) is 9.73 Å². The van der Waals surface area contributed by atoms with Crippen molar-refractivity contribution in [3.63, 3.8) is 0 Å². The number of nitrogens with zero attached hydrogens (tertiary/aromatic N) is 2. The topological polar surface area (TPSA) is 78.8 Å². The van der Waals surface area contributed by atoms with Gasteiger partial charge in [-0.2, -0.15) is 17.9 Å². The number of amides is 1. The monoisotopic (exact) mass is 453 g/mol. The number of halogens is 1. The van der Waals surface area contributed by atoms with E-state index in [1.54, 1.807) is 6.07 Å². The first kappa shape index (κ1) is 21.1. The molecule has 1 heterocycles. The van der Waals surface area contributed by atoms with E-state index in [4.69, 9.17) is 11.6 Å². The summed E-state index contributed by atoms with van der Waals surface area (Å²) in [5.41, 5.74) is 2.68. The summed E-state index contributed by atoms with van der Waals surface area (Å²) >= 11 is 6.12.